The van der Waals surface area contributed by atoms with Crippen LogP contribution in [0.15, 0.2) is 54.6 Å². The highest BCUT2D eigenvalue weighted by Gasteiger charge is 2.29. The molecule has 2 aromatic carbocycles. The van der Waals surface area contributed by atoms with Crippen molar-refractivity contribution in [3.8, 4) is 5.75 Å². The van der Waals surface area contributed by atoms with E-state index in [9.17, 15) is 9.59 Å². The minimum Gasteiger partial charge on any atom is -0.497 e. The molecule has 2 aliphatic rings. The van der Waals surface area contributed by atoms with Crippen molar-refractivity contribution in [3.05, 3.63) is 65.7 Å². The van der Waals surface area contributed by atoms with E-state index in [1.54, 1.807) is 7.11 Å². The van der Waals surface area contributed by atoms with Gasteiger partial charge in [0.1, 0.15) is 5.75 Å². The maximum absolute atomic E-state index is 13.5. The highest BCUT2D eigenvalue weighted by molar-refractivity contribution is 5.94. The van der Waals surface area contributed by atoms with Crippen molar-refractivity contribution in [2.24, 2.45) is 0 Å². The van der Waals surface area contributed by atoms with Gasteiger partial charge in [-0.2, -0.15) is 0 Å². The molecular formula is C27H36N4O3. The Labute approximate surface area is 202 Å². The van der Waals surface area contributed by atoms with Crippen molar-refractivity contribution < 1.29 is 14.3 Å². The Morgan fingerprint density at radius 3 is 2.29 bits per heavy atom. The molecule has 0 aliphatic carbocycles. The molecule has 7 heteroatoms. The number of hydrogen-bond acceptors (Lipinski definition) is 5. The second kappa shape index (κ2) is 12.0. The van der Waals surface area contributed by atoms with Crippen LogP contribution in [0.5, 0.6) is 5.75 Å². The molecule has 2 aliphatic heterocycles. The summed E-state index contributed by atoms with van der Waals surface area (Å²) in [5, 5.41) is 3.28. The molecule has 2 heterocycles. The minimum atomic E-state index is -0.00252. The van der Waals surface area contributed by atoms with E-state index in [0.717, 1.165) is 64.4 Å². The van der Waals surface area contributed by atoms with E-state index < -0.39 is 0 Å². The fourth-order valence-corrected chi connectivity index (χ4v) is 4.87. The summed E-state index contributed by atoms with van der Waals surface area (Å²) in [6.45, 7) is 6.42. The third-order valence-corrected chi connectivity index (χ3v) is 6.88. The summed E-state index contributed by atoms with van der Waals surface area (Å²) >= 11 is 0. The van der Waals surface area contributed by atoms with Crippen LogP contribution in [0.3, 0.4) is 0 Å². The van der Waals surface area contributed by atoms with Crippen LogP contribution < -0.4 is 10.1 Å². The largest absolute Gasteiger partial charge is 0.497 e. The van der Waals surface area contributed by atoms with Crippen LogP contribution in [0.25, 0.3) is 0 Å². The van der Waals surface area contributed by atoms with Gasteiger partial charge in [-0.25, -0.2) is 0 Å². The first-order valence-electron chi connectivity index (χ1n) is 12.3. The predicted octanol–water partition coefficient (Wildman–Crippen LogP) is 2.62. The Bertz CT molecular complexity index is 921. The fourth-order valence-electron chi connectivity index (χ4n) is 4.87. The molecule has 0 radical (unpaired) electrons. The summed E-state index contributed by atoms with van der Waals surface area (Å²) in [5.41, 5.74) is 1.95. The van der Waals surface area contributed by atoms with Gasteiger partial charge in [0.25, 0.3) is 5.91 Å². The number of hydrogen-bond donors (Lipinski definition) is 1. The summed E-state index contributed by atoms with van der Waals surface area (Å²) in [5.74, 6) is 0.860. The van der Waals surface area contributed by atoms with Gasteiger partial charge in [0.05, 0.1) is 7.11 Å². The van der Waals surface area contributed by atoms with Crippen molar-refractivity contribution >= 4 is 11.8 Å². The van der Waals surface area contributed by atoms with Crippen LogP contribution in [0.4, 0.5) is 0 Å². The Kier molecular flexibility index (Phi) is 8.55. The standard InChI is InChI=1S/C27H36N4O3/c1-34-25-9-7-23(8-10-25)27(33)31(18-13-26(32)30-19-14-28-15-20-30)24-11-16-29(17-12-24)21-22-5-3-2-4-6-22/h2-10,24,28H,11-21H2,1H3. The SMILES string of the molecule is COc1ccc(C(=O)N(CCC(=O)N2CCNCC2)C2CCN(Cc3ccccc3)CC2)cc1. The van der Waals surface area contributed by atoms with Crippen molar-refractivity contribution in [1.29, 1.82) is 0 Å². The first-order valence-corrected chi connectivity index (χ1v) is 12.3. The van der Waals surface area contributed by atoms with E-state index >= 15 is 0 Å². The van der Waals surface area contributed by atoms with Crippen LogP contribution in [0, 0.1) is 0 Å². The van der Waals surface area contributed by atoms with E-state index in [4.69, 9.17) is 4.74 Å². The van der Waals surface area contributed by atoms with Gasteiger partial charge in [0, 0.05) is 70.4 Å². The number of piperazine rings is 1. The number of piperidine rings is 1. The number of carbonyl (C=O) groups is 2. The van der Waals surface area contributed by atoms with Gasteiger partial charge in [-0.3, -0.25) is 14.5 Å². The van der Waals surface area contributed by atoms with Crippen molar-refractivity contribution in [1.82, 2.24) is 20.0 Å². The first kappa shape index (κ1) is 24.2. The quantitative estimate of drug-likeness (QED) is 0.651. The van der Waals surface area contributed by atoms with Gasteiger partial charge in [0.15, 0.2) is 0 Å². The molecule has 0 spiro atoms. The molecule has 34 heavy (non-hydrogen) atoms. The lowest BCUT2D eigenvalue weighted by Gasteiger charge is -2.39. The fraction of sp³-hybridized carbons (Fsp3) is 0.481. The van der Waals surface area contributed by atoms with Crippen LogP contribution in [-0.2, 0) is 11.3 Å². The molecule has 0 atom stereocenters. The first-order chi connectivity index (χ1) is 16.6. The molecule has 7 nitrogen and oxygen atoms in total. The van der Waals surface area contributed by atoms with E-state index in [0.29, 0.717) is 18.5 Å². The third-order valence-electron chi connectivity index (χ3n) is 6.88. The number of rotatable bonds is 8. The second-order valence-electron chi connectivity index (χ2n) is 9.10. The Hall–Kier alpha value is -2.90. The summed E-state index contributed by atoms with van der Waals surface area (Å²) in [7, 11) is 1.62. The third kappa shape index (κ3) is 6.36. The van der Waals surface area contributed by atoms with Crippen molar-refractivity contribution in [2.75, 3.05) is 52.9 Å². The zero-order chi connectivity index (χ0) is 23.8. The normalized spacial score (nSPS) is 17.4. The summed E-state index contributed by atoms with van der Waals surface area (Å²) in [6.07, 6.45) is 2.19. The Balaban J connectivity index is 1.41. The number of ether oxygens (including phenoxy) is 1. The number of carbonyl (C=O) groups excluding carboxylic acids is 2. The van der Waals surface area contributed by atoms with Crippen LogP contribution in [0.1, 0.15) is 35.2 Å². The van der Waals surface area contributed by atoms with Gasteiger partial charge in [-0.15, -0.1) is 0 Å². The lowest BCUT2D eigenvalue weighted by atomic mass is 10.0. The Morgan fingerprint density at radius 2 is 1.65 bits per heavy atom. The summed E-state index contributed by atoms with van der Waals surface area (Å²) < 4.78 is 5.25. The molecule has 0 bridgehead atoms. The summed E-state index contributed by atoms with van der Waals surface area (Å²) in [4.78, 5) is 32.7. The van der Waals surface area contributed by atoms with Gasteiger partial charge in [-0.05, 0) is 42.7 Å². The number of nitrogens with one attached hydrogen (secondary N) is 1. The van der Waals surface area contributed by atoms with E-state index in [1.807, 2.05) is 40.1 Å². The van der Waals surface area contributed by atoms with E-state index in [1.165, 1.54) is 5.56 Å². The van der Waals surface area contributed by atoms with Crippen molar-refractivity contribution in [3.63, 3.8) is 0 Å². The van der Waals surface area contributed by atoms with Gasteiger partial charge in [-0.1, -0.05) is 30.3 Å². The topological polar surface area (TPSA) is 65.1 Å². The second-order valence-corrected chi connectivity index (χ2v) is 9.10. The van der Waals surface area contributed by atoms with Crippen LogP contribution >= 0.6 is 0 Å². The molecule has 2 amide bonds. The molecule has 0 unspecified atom stereocenters. The van der Waals surface area contributed by atoms with Crippen LogP contribution in [-0.4, -0.2) is 85.5 Å². The maximum Gasteiger partial charge on any atom is 0.254 e. The smallest absolute Gasteiger partial charge is 0.254 e. The molecule has 182 valence electrons. The zero-order valence-corrected chi connectivity index (χ0v) is 20.1. The molecule has 2 saturated heterocycles. The number of benzene rings is 2. The highest BCUT2D eigenvalue weighted by atomic mass is 16.5. The molecule has 4 rings (SSSR count). The molecule has 0 aromatic heterocycles. The van der Waals surface area contributed by atoms with Gasteiger partial charge in [0.2, 0.25) is 5.91 Å². The predicted molar refractivity (Wildman–Crippen MR) is 133 cm³/mol. The molecular weight excluding hydrogens is 428 g/mol. The molecule has 0 saturated carbocycles. The van der Waals surface area contributed by atoms with Gasteiger partial charge >= 0.3 is 0 Å². The zero-order valence-electron chi connectivity index (χ0n) is 20.1. The minimum absolute atomic E-state index is 0.00252. The highest BCUT2D eigenvalue weighted by Crippen LogP contribution is 2.22. The van der Waals surface area contributed by atoms with Gasteiger partial charge < -0.3 is 19.9 Å². The molecule has 1 N–H and O–H groups in total. The number of likely N-dealkylation sites (tertiary alicyclic amines) is 1. The van der Waals surface area contributed by atoms with E-state index in [-0.39, 0.29) is 17.9 Å². The van der Waals surface area contributed by atoms with E-state index in [2.05, 4.69) is 34.5 Å². The number of methoxy groups -OCH3 is 1. The Morgan fingerprint density at radius 1 is 0.971 bits per heavy atom. The number of amides is 2. The molecule has 2 fully saturated rings. The van der Waals surface area contributed by atoms with Crippen LogP contribution in [0.2, 0.25) is 0 Å². The van der Waals surface area contributed by atoms with Crippen molar-refractivity contribution in [2.45, 2.75) is 31.8 Å². The average molecular weight is 465 g/mol. The average Bonchev–Trinajstić information content (AvgIpc) is 2.90. The molecule has 2 aromatic rings. The monoisotopic (exact) mass is 464 g/mol. The number of nitrogens with zero attached hydrogens (tertiary/aromatic N) is 3. The maximum atomic E-state index is 13.5. The lowest BCUT2D eigenvalue weighted by Crippen LogP contribution is -2.50. The summed E-state index contributed by atoms with van der Waals surface area (Å²) in [6, 6.07) is 17.9. The lowest BCUT2D eigenvalue weighted by molar-refractivity contribution is -0.132.